The van der Waals surface area contributed by atoms with Crippen molar-refractivity contribution in [1.29, 1.82) is 0 Å². The van der Waals surface area contributed by atoms with E-state index in [0.717, 1.165) is 11.6 Å². The molecule has 4 aromatic rings. The van der Waals surface area contributed by atoms with Gasteiger partial charge in [0.15, 0.2) is 0 Å². The summed E-state index contributed by atoms with van der Waals surface area (Å²) in [7, 11) is 1.21. The predicted molar refractivity (Wildman–Crippen MR) is 130 cm³/mol. The van der Waals surface area contributed by atoms with Crippen molar-refractivity contribution in [3.05, 3.63) is 92.7 Å². The van der Waals surface area contributed by atoms with Gasteiger partial charge in [0.05, 0.1) is 40.2 Å². The number of anilines is 1. The first-order chi connectivity index (χ1) is 15.8. The van der Waals surface area contributed by atoms with Gasteiger partial charge in [-0.2, -0.15) is 0 Å². The zero-order valence-electron chi connectivity index (χ0n) is 17.6. The van der Waals surface area contributed by atoms with Crippen molar-refractivity contribution in [2.24, 2.45) is 0 Å². The quantitative estimate of drug-likeness (QED) is 0.296. The number of ether oxygens (including phenoxy) is 1. The molecule has 1 amide bonds. The number of nitrogens with one attached hydrogen (secondary N) is 1. The van der Waals surface area contributed by atoms with Gasteiger partial charge in [0.2, 0.25) is 0 Å². The maximum atomic E-state index is 14.6. The third kappa shape index (κ3) is 4.47. The minimum Gasteiger partial charge on any atom is -0.465 e. The molecule has 0 aliphatic rings. The largest absolute Gasteiger partial charge is 0.465 e. The standard InChI is InChI=1S/C25H17BrClFN2O3/c1-13-22(24(31)30-20-9-8-15(10-19(20)28)25(32)33-2)16-11-17(26)18(27)12-21(16)29-23(13)14-6-4-3-5-7-14/h3-12H,1-2H3,(H,30,31). The van der Waals surface area contributed by atoms with Gasteiger partial charge in [-0.3, -0.25) is 4.79 Å². The SMILES string of the molecule is COC(=O)c1ccc(NC(=O)c2c(C)c(-c3ccccc3)nc3cc(Cl)c(Br)cc23)c(F)c1. The average molecular weight is 528 g/mol. The molecular formula is C25H17BrClFN2O3. The Kier molecular flexibility index (Phi) is 6.44. The first-order valence-corrected chi connectivity index (χ1v) is 11.0. The normalized spacial score (nSPS) is 10.8. The van der Waals surface area contributed by atoms with E-state index < -0.39 is 17.7 Å². The zero-order valence-corrected chi connectivity index (χ0v) is 19.9. The number of hydrogen-bond acceptors (Lipinski definition) is 4. The number of halogens is 3. The van der Waals surface area contributed by atoms with Gasteiger partial charge in [-0.15, -0.1) is 0 Å². The Morgan fingerprint density at radius 3 is 2.48 bits per heavy atom. The number of hydrogen-bond donors (Lipinski definition) is 1. The Hall–Kier alpha value is -3.29. The van der Waals surface area contributed by atoms with Crippen LogP contribution in [0.5, 0.6) is 0 Å². The molecule has 0 radical (unpaired) electrons. The number of nitrogens with zero attached hydrogens (tertiary/aromatic N) is 1. The average Bonchev–Trinajstić information content (AvgIpc) is 2.81. The van der Waals surface area contributed by atoms with Gasteiger partial charge in [-0.25, -0.2) is 14.2 Å². The molecule has 0 aliphatic carbocycles. The van der Waals surface area contributed by atoms with E-state index in [1.165, 1.54) is 19.2 Å². The molecular weight excluding hydrogens is 511 g/mol. The van der Waals surface area contributed by atoms with Crippen molar-refractivity contribution in [1.82, 2.24) is 4.98 Å². The van der Waals surface area contributed by atoms with E-state index in [-0.39, 0.29) is 11.3 Å². The van der Waals surface area contributed by atoms with Crippen LogP contribution in [0.1, 0.15) is 26.3 Å². The zero-order chi connectivity index (χ0) is 23.7. The first kappa shape index (κ1) is 22.9. The molecule has 0 saturated carbocycles. The van der Waals surface area contributed by atoms with Crippen LogP contribution < -0.4 is 5.32 Å². The minimum atomic E-state index is -0.755. The van der Waals surface area contributed by atoms with Gasteiger partial charge < -0.3 is 10.1 Å². The number of carbonyl (C=O) groups excluding carboxylic acids is 2. The molecule has 1 N–H and O–H groups in total. The molecule has 5 nitrogen and oxygen atoms in total. The summed E-state index contributed by atoms with van der Waals surface area (Å²) in [4.78, 5) is 29.8. The van der Waals surface area contributed by atoms with Gasteiger partial charge >= 0.3 is 5.97 Å². The number of fused-ring (bicyclic) bond motifs is 1. The van der Waals surface area contributed by atoms with Crippen molar-refractivity contribution in [2.75, 3.05) is 12.4 Å². The molecule has 33 heavy (non-hydrogen) atoms. The lowest BCUT2D eigenvalue weighted by molar-refractivity contribution is 0.0600. The van der Waals surface area contributed by atoms with Crippen LogP contribution in [0.2, 0.25) is 5.02 Å². The van der Waals surface area contributed by atoms with Gasteiger partial charge in [-0.1, -0.05) is 41.9 Å². The number of rotatable bonds is 4. The van der Waals surface area contributed by atoms with Crippen LogP contribution in [0, 0.1) is 12.7 Å². The molecule has 0 saturated heterocycles. The molecule has 1 heterocycles. The summed E-state index contributed by atoms with van der Waals surface area (Å²) in [5.41, 5.74) is 2.93. The molecule has 0 fully saturated rings. The lowest BCUT2D eigenvalue weighted by Gasteiger charge is -2.16. The van der Waals surface area contributed by atoms with Gasteiger partial charge in [0.1, 0.15) is 5.82 Å². The third-order valence-electron chi connectivity index (χ3n) is 5.18. The second-order valence-electron chi connectivity index (χ2n) is 7.25. The highest BCUT2D eigenvalue weighted by atomic mass is 79.9. The second-order valence-corrected chi connectivity index (χ2v) is 8.51. The fourth-order valence-electron chi connectivity index (χ4n) is 3.57. The Morgan fingerprint density at radius 2 is 1.82 bits per heavy atom. The maximum absolute atomic E-state index is 14.6. The molecule has 4 rings (SSSR count). The summed E-state index contributed by atoms with van der Waals surface area (Å²) in [6, 6.07) is 16.6. The Labute approximate surface area is 202 Å². The Bertz CT molecular complexity index is 1410. The van der Waals surface area contributed by atoms with Crippen LogP contribution in [-0.4, -0.2) is 24.0 Å². The number of methoxy groups -OCH3 is 1. The number of pyridine rings is 1. The number of esters is 1. The van der Waals surface area contributed by atoms with E-state index >= 15 is 0 Å². The third-order valence-corrected chi connectivity index (χ3v) is 6.38. The van der Waals surface area contributed by atoms with E-state index in [9.17, 15) is 14.0 Å². The van der Waals surface area contributed by atoms with Crippen LogP contribution in [-0.2, 0) is 4.74 Å². The van der Waals surface area contributed by atoms with E-state index in [2.05, 4.69) is 26.0 Å². The summed E-state index contributed by atoms with van der Waals surface area (Å²) in [5.74, 6) is -1.94. The van der Waals surface area contributed by atoms with Crippen LogP contribution >= 0.6 is 27.5 Å². The molecule has 0 unspecified atom stereocenters. The van der Waals surface area contributed by atoms with Crippen molar-refractivity contribution in [3.8, 4) is 11.3 Å². The number of benzene rings is 3. The minimum absolute atomic E-state index is 0.0449. The van der Waals surface area contributed by atoms with E-state index in [1.54, 1.807) is 19.1 Å². The van der Waals surface area contributed by atoms with Crippen LogP contribution in [0.3, 0.4) is 0 Å². The topological polar surface area (TPSA) is 68.3 Å². The summed E-state index contributed by atoms with van der Waals surface area (Å²) < 4.78 is 19.8. The molecule has 166 valence electrons. The summed E-state index contributed by atoms with van der Waals surface area (Å²) in [6.07, 6.45) is 0. The summed E-state index contributed by atoms with van der Waals surface area (Å²) >= 11 is 9.68. The molecule has 1 aromatic heterocycles. The van der Waals surface area contributed by atoms with Crippen LogP contribution in [0.25, 0.3) is 22.2 Å². The van der Waals surface area contributed by atoms with Gasteiger partial charge in [-0.05, 0) is 58.7 Å². The Morgan fingerprint density at radius 1 is 1.09 bits per heavy atom. The molecule has 0 aliphatic heterocycles. The highest BCUT2D eigenvalue weighted by Gasteiger charge is 2.21. The highest BCUT2D eigenvalue weighted by molar-refractivity contribution is 9.10. The maximum Gasteiger partial charge on any atom is 0.337 e. The van der Waals surface area contributed by atoms with Crippen molar-refractivity contribution >= 4 is 56.0 Å². The second kappa shape index (κ2) is 9.29. The molecule has 3 aromatic carbocycles. The molecule has 0 bridgehead atoms. The van der Waals surface area contributed by atoms with E-state index in [4.69, 9.17) is 16.6 Å². The van der Waals surface area contributed by atoms with Gasteiger partial charge in [0, 0.05) is 15.4 Å². The summed E-state index contributed by atoms with van der Waals surface area (Å²) in [5, 5.41) is 3.63. The number of aromatic nitrogens is 1. The van der Waals surface area contributed by atoms with Gasteiger partial charge in [0.25, 0.3) is 5.91 Å². The van der Waals surface area contributed by atoms with Crippen LogP contribution in [0.4, 0.5) is 10.1 Å². The van der Waals surface area contributed by atoms with Crippen LogP contribution in [0.15, 0.2) is 65.1 Å². The lowest BCUT2D eigenvalue weighted by atomic mass is 9.97. The number of amides is 1. The number of carbonyl (C=O) groups is 2. The fraction of sp³-hybridized carbons (Fsp3) is 0.0800. The van der Waals surface area contributed by atoms with Crippen molar-refractivity contribution in [3.63, 3.8) is 0 Å². The van der Waals surface area contributed by atoms with E-state index in [1.807, 2.05) is 30.3 Å². The lowest BCUT2D eigenvalue weighted by Crippen LogP contribution is -2.16. The Balaban J connectivity index is 1.85. The molecule has 8 heteroatoms. The smallest absolute Gasteiger partial charge is 0.337 e. The van der Waals surface area contributed by atoms with Crippen molar-refractivity contribution in [2.45, 2.75) is 6.92 Å². The molecule has 0 spiro atoms. The fourth-order valence-corrected chi connectivity index (χ4v) is 4.07. The monoisotopic (exact) mass is 526 g/mol. The molecule has 0 atom stereocenters. The van der Waals surface area contributed by atoms with E-state index in [0.29, 0.717) is 37.2 Å². The predicted octanol–water partition coefficient (Wildman–Crippen LogP) is 6.80. The summed E-state index contributed by atoms with van der Waals surface area (Å²) in [6.45, 7) is 1.79. The first-order valence-electron chi connectivity index (χ1n) is 9.84. The van der Waals surface area contributed by atoms with Crippen molar-refractivity contribution < 1.29 is 18.7 Å². The highest BCUT2D eigenvalue weighted by Crippen LogP contribution is 2.35.